The SMILES string of the molecule is CC(=O)N1c2ccc(-c3ccc(CN4CCCCC4)cc3)cc2[C@H](NC=O)C[C@@H]1C. The Morgan fingerprint density at radius 2 is 1.77 bits per heavy atom. The van der Waals surface area contributed by atoms with Crippen molar-refractivity contribution >= 4 is 18.0 Å². The molecule has 0 aromatic heterocycles. The zero-order valence-corrected chi connectivity index (χ0v) is 17.9. The lowest BCUT2D eigenvalue weighted by molar-refractivity contribution is -0.117. The summed E-state index contributed by atoms with van der Waals surface area (Å²) in [5.74, 6) is 0.0307. The summed E-state index contributed by atoms with van der Waals surface area (Å²) < 4.78 is 0. The van der Waals surface area contributed by atoms with Gasteiger partial charge in [-0.05, 0) is 73.7 Å². The summed E-state index contributed by atoms with van der Waals surface area (Å²) in [5, 5.41) is 2.94. The van der Waals surface area contributed by atoms with E-state index in [1.54, 1.807) is 6.92 Å². The number of nitrogens with one attached hydrogen (secondary N) is 1. The summed E-state index contributed by atoms with van der Waals surface area (Å²) in [6.45, 7) is 7.04. The van der Waals surface area contributed by atoms with E-state index in [4.69, 9.17) is 0 Å². The predicted octanol–water partition coefficient (Wildman–Crippen LogP) is 4.27. The third kappa shape index (κ3) is 4.26. The third-order valence-electron chi connectivity index (χ3n) is 6.43. The number of benzene rings is 2. The number of hydrogen-bond donors (Lipinski definition) is 1. The first kappa shape index (κ1) is 20.6. The smallest absolute Gasteiger partial charge is 0.224 e. The van der Waals surface area contributed by atoms with Crippen LogP contribution in [0.5, 0.6) is 0 Å². The van der Waals surface area contributed by atoms with Crippen LogP contribution < -0.4 is 10.2 Å². The highest BCUT2D eigenvalue weighted by atomic mass is 16.2. The molecule has 0 radical (unpaired) electrons. The second-order valence-electron chi connectivity index (χ2n) is 8.62. The number of amides is 2. The number of likely N-dealkylation sites (tertiary alicyclic amines) is 1. The third-order valence-corrected chi connectivity index (χ3v) is 6.43. The van der Waals surface area contributed by atoms with Gasteiger partial charge in [-0.2, -0.15) is 0 Å². The molecule has 5 nitrogen and oxygen atoms in total. The summed E-state index contributed by atoms with van der Waals surface area (Å²) in [6.07, 6.45) is 5.43. The van der Waals surface area contributed by atoms with Crippen molar-refractivity contribution in [3.63, 3.8) is 0 Å². The van der Waals surface area contributed by atoms with Crippen LogP contribution in [0.1, 0.15) is 56.7 Å². The van der Waals surface area contributed by atoms with Gasteiger partial charge in [-0.25, -0.2) is 0 Å². The van der Waals surface area contributed by atoms with E-state index in [2.05, 4.69) is 46.6 Å². The maximum absolute atomic E-state index is 12.2. The van der Waals surface area contributed by atoms with Gasteiger partial charge < -0.3 is 10.2 Å². The molecule has 2 aliphatic heterocycles. The van der Waals surface area contributed by atoms with Gasteiger partial charge >= 0.3 is 0 Å². The second kappa shape index (κ2) is 9.00. The van der Waals surface area contributed by atoms with Crippen LogP contribution in [0.3, 0.4) is 0 Å². The summed E-state index contributed by atoms with van der Waals surface area (Å²) in [6, 6.07) is 15.0. The monoisotopic (exact) mass is 405 g/mol. The highest BCUT2D eigenvalue weighted by molar-refractivity contribution is 5.94. The van der Waals surface area contributed by atoms with Crippen LogP contribution in [0, 0.1) is 0 Å². The van der Waals surface area contributed by atoms with Crippen molar-refractivity contribution in [3.05, 3.63) is 53.6 Å². The standard InChI is InChI=1S/C25H31N3O2/c1-18-14-24(26-17-29)23-15-22(10-11-25(23)28(18)19(2)30)21-8-6-20(7-9-21)16-27-12-4-3-5-13-27/h6-11,15,17-18,24H,3-5,12-14,16H2,1-2H3,(H,26,29)/t18-,24+/m0/s1. The Labute approximate surface area is 179 Å². The molecule has 0 spiro atoms. The molecule has 2 aromatic carbocycles. The molecule has 4 rings (SSSR count). The lowest BCUT2D eigenvalue weighted by atomic mass is 9.89. The molecular weight excluding hydrogens is 374 g/mol. The Morgan fingerprint density at radius 3 is 2.43 bits per heavy atom. The predicted molar refractivity (Wildman–Crippen MR) is 120 cm³/mol. The zero-order valence-electron chi connectivity index (χ0n) is 17.9. The van der Waals surface area contributed by atoms with Crippen LogP contribution in [0.15, 0.2) is 42.5 Å². The van der Waals surface area contributed by atoms with E-state index < -0.39 is 0 Å². The minimum Gasteiger partial charge on any atom is -0.352 e. The van der Waals surface area contributed by atoms with Gasteiger partial charge in [0.25, 0.3) is 0 Å². The summed E-state index contributed by atoms with van der Waals surface area (Å²) in [5.41, 5.74) is 5.50. The molecule has 1 N–H and O–H groups in total. The number of nitrogens with zero attached hydrogens (tertiary/aromatic N) is 2. The van der Waals surface area contributed by atoms with Crippen LogP contribution in [-0.2, 0) is 16.1 Å². The number of hydrogen-bond acceptors (Lipinski definition) is 3. The molecule has 5 heteroatoms. The van der Waals surface area contributed by atoms with Crippen LogP contribution in [0.25, 0.3) is 11.1 Å². The van der Waals surface area contributed by atoms with E-state index in [0.717, 1.165) is 35.3 Å². The maximum atomic E-state index is 12.2. The molecule has 30 heavy (non-hydrogen) atoms. The average molecular weight is 406 g/mol. The van der Waals surface area contributed by atoms with Crippen molar-refractivity contribution in [3.8, 4) is 11.1 Å². The zero-order chi connectivity index (χ0) is 21.1. The molecule has 0 aliphatic carbocycles. The molecule has 2 aromatic rings. The Kier molecular flexibility index (Phi) is 6.18. The quantitative estimate of drug-likeness (QED) is 0.756. The van der Waals surface area contributed by atoms with E-state index in [1.165, 1.54) is 37.9 Å². The summed E-state index contributed by atoms with van der Waals surface area (Å²) >= 11 is 0. The first-order chi connectivity index (χ1) is 14.6. The van der Waals surface area contributed by atoms with E-state index in [9.17, 15) is 9.59 Å². The molecule has 2 atom stereocenters. The molecule has 0 bridgehead atoms. The molecule has 0 saturated carbocycles. The van der Waals surface area contributed by atoms with E-state index >= 15 is 0 Å². The minimum absolute atomic E-state index is 0.0307. The average Bonchev–Trinajstić information content (AvgIpc) is 2.75. The van der Waals surface area contributed by atoms with Gasteiger partial charge in [0.1, 0.15) is 0 Å². The molecule has 2 heterocycles. The largest absolute Gasteiger partial charge is 0.352 e. The summed E-state index contributed by atoms with van der Waals surface area (Å²) in [4.78, 5) is 27.8. The van der Waals surface area contributed by atoms with Gasteiger partial charge in [0.15, 0.2) is 0 Å². The molecule has 1 fully saturated rings. The lowest BCUT2D eigenvalue weighted by Crippen LogP contribution is -2.44. The van der Waals surface area contributed by atoms with Crippen molar-refractivity contribution in [1.82, 2.24) is 10.2 Å². The van der Waals surface area contributed by atoms with Crippen molar-refractivity contribution in [1.29, 1.82) is 0 Å². The van der Waals surface area contributed by atoms with Gasteiger partial charge in [0, 0.05) is 25.2 Å². The fourth-order valence-electron chi connectivity index (χ4n) is 4.94. The Hall–Kier alpha value is -2.66. The highest BCUT2D eigenvalue weighted by Crippen LogP contribution is 2.39. The Balaban J connectivity index is 1.60. The lowest BCUT2D eigenvalue weighted by Gasteiger charge is -2.39. The van der Waals surface area contributed by atoms with Crippen molar-refractivity contribution in [2.45, 2.75) is 58.2 Å². The fourth-order valence-corrected chi connectivity index (χ4v) is 4.94. The number of carbonyl (C=O) groups excluding carboxylic acids is 2. The number of carbonyl (C=O) groups is 2. The summed E-state index contributed by atoms with van der Waals surface area (Å²) in [7, 11) is 0. The Morgan fingerprint density at radius 1 is 1.07 bits per heavy atom. The van der Waals surface area contributed by atoms with Crippen LogP contribution >= 0.6 is 0 Å². The fraction of sp³-hybridized carbons (Fsp3) is 0.440. The van der Waals surface area contributed by atoms with Gasteiger partial charge in [-0.3, -0.25) is 14.5 Å². The molecule has 1 saturated heterocycles. The normalized spacial score (nSPS) is 21.7. The van der Waals surface area contributed by atoms with Crippen molar-refractivity contribution in [2.75, 3.05) is 18.0 Å². The first-order valence-electron chi connectivity index (χ1n) is 11.0. The van der Waals surface area contributed by atoms with Crippen molar-refractivity contribution in [2.24, 2.45) is 0 Å². The highest BCUT2D eigenvalue weighted by Gasteiger charge is 2.32. The minimum atomic E-state index is -0.0820. The van der Waals surface area contributed by atoms with Crippen LogP contribution in [0.2, 0.25) is 0 Å². The van der Waals surface area contributed by atoms with Gasteiger partial charge in [0.2, 0.25) is 12.3 Å². The number of piperidine rings is 1. The molecule has 0 unspecified atom stereocenters. The number of anilines is 1. The van der Waals surface area contributed by atoms with E-state index in [-0.39, 0.29) is 18.0 Å². The van der Waals surface area contributed by atoms with E-state index in [0.29, 0.717) is 6.42 Å². The first-order valence-corrected chi connectivity index (χ1v) is 11.0. The second-order valence-corrected chi connectivity index (χ2v) is 8.62. The molecule has 2 amide bonds. The van der Waals surface area contributed by atoms with Crippen LogP contribution in [-0.4, -0.2) is 36.3 Å². The Bertz CT molecular complexity index is 903. The molecule has 2 aliphatic rings. The molecule has 158 valence electrons. The number of rotatable bonds is 5. The van der Waals surface area contributed by atoms with Crippen molar-refractivity contribution < 1.29 is 9.59 Å². The maximum Gasteiger partial charge on any atom is 0.224 e. The van der Waals surface area contributed by atoms with Gasteiger partial charge in [0.05, 0.1) is 6.04 Å². The molecular formula is C25H31N3O2. The van der Waals surface area contributed by atoms with Gasteiger partial charge in [-0.1, -0.05) is 36.8 Å². The van der Waals surface area contributed by atoms with E-state index in [1.807, 2.05) is 17.9 Å². The van der Waals surface area contributed by atoms with Gasteiger partial charge in [-0.15, -0.1) is 0 Å². The number of fused-ring (bicyclic) bond motifs is 1. The topological polar surface area (TPSA) is 52.7 Å². The van der Waals surface area contributed by atoms with Crippen LogP contribution in [0.4, 0.5) is 5.69 Å².